The minimum absolute atomic E-state index is 0.0269. The van der Waals surface area contributed by atoms with Crippen molar-refractivity contribution in [1.29, 1.82) is 10.5 Å². The first-order valence-electron chi connectivity index (χ1n) is 7.37. The van der Waals surface area contributed by atoms with Gasteiger partial charge in [-0.1, -0.05) is 36.1 Å². The second-order valence-corrected chi connectivity index (χ2v) is 6.87. The molecule has 2 N–H and O–H groups in total. The Morgan fingerprint density at radius 2 is 1.83 bits per heavy atom. The van der Waals surface area contributed by atoms with E-state index in [-0.39, 0.29) is 27.8 Å². The van der Waals surface area contributed by atoms with Crippen LogP contribution in [0, 0.1) is 22.7 Å². The van der Waals surface area contributed by atoms with Crippen molar-refractivity contribution in [2.45, 2.75) is 18.1 Å². The van der Waals surface area contributed by atoms with Crippen molar-refractivity contribution in [1.82, 2.24) is 0 Å². The summed E-state index contributed by atoms with van der Waals surface area (Å²) in [5.41, 5.74) is 8.19. The van der Waals surface area contributed by atoms with E-state index in [1.807, 2.05) is 24.3 Å². The van der Waals surface area contributed by atoms with Crippen LogP contribution in [0.4, 0.5) is 5.69 Å². The first-order valence-corrected chi connectivity index (χ1v) is 8.52. The number of benzene rings is 2. The molecule has 1 fully saturated rings. The molecule has 3 rings (SSSR count). The number of anilines is 1. The molecule has 0 amide bonds. The van der Waals surface area contributed by atoms with E-state index in [1.165, 1.54) is 0 Å². The monoisotopic (exact) mass is 321 g/mol. The van der Waals surface area contributed by atoms with Gasteiger partial charge in [0, 0.05) is 17.5 Å². The molecule has 1 aliphatic heterocycles. The summed E-state index contributed by atoms with van der Waals surface area (Å²) in [7, 11) is 0. The maximum Gasteiger partial charge on any atom is 0.142 e. The largest absolute Gasteiger partial charge is 0.871 e. The van der Waals surface area contributed by atoms with Crippen LogP contribution in [0.3, 0.4) is 0 Å². The zero-order valence-corrected chi connectivity index (χ0v) is 13.3. The number of rotatable bonds is 2. The van der Waals surface area contributed by atoms with E-state index in [4.69, 9.17) is 5.73 Å². The molecule has 1 atom stereocenters. The molecule has 0 bridgehead atoms. The Morgan fingerprint density at radius 3 is 2.39 bits per heavy atom. The molecule has 1 aliphatic rings. The number of hydrogen-bond acceptors (Lipinski definition) is 4. The zero-order valence-electron chi connectivity index (χ0n) is 12.4. The van der Waals surface area contributed by atoms with Gasteiger partial charge in [-0.2, -0.15) is 10.5 Å². The van der Waals surface area contributed by atoms with Gasteiger partial charge in [0.25, 0.3) is 0 Å². The lowest BCUT2D eigenvalue weighted by atomic mass is 9.89. The van der Waals surface area contributed by atoms with Gasteiger partial charge in [0.1, 0.15) is 17.1 Å². The van der Waals surface area contributed by atoms with Crippen molar-refractivity contribution < 1.29 is 5.11 Å². The van der Waals surface area contributed by atoms with Gasteiger partial charge in [0.05, 0.1) is 22.9 Å². The highest BCUT2D eigenvalue weighted by molar-refractivity contribution is 7.79. The number of nitrogens with zero attached hydrogens (tertiary/aromatic N) is 2. The third-order valence-electron chi connectivity index (χ3n) is 4.14. The predicted octanol–water partition coefficient (Wildman–Crippen LogP) is 2.40. The molecule has 1 saturated heterocycles. The van der Waals surface area contributed by atoms with Gasteiger partial charge in [-0.3, -0.25) is 0 Å². The van der Waals surface area contributed by atoms with Gasteiger partial charge in [-0.15, -0.1) is 0 Å². The topological polar surface area (TPSA) is 96.7 Å². The third kappa shape index (κ3) is 2.50. The average Bonchev–Trinajstić information content (AvgIpc) is 3.09. The van der Waals surface area contributed by atoms with E-state index < -0.39 is 0 Å². The number of nitrogen functional groups attached to an aromatic ring is 1. The maximum absolute atomic E-state index is 12.9. The summed E-state index contributed by atoms with van der Waals surface area (Å²) in [4.78, 5) is 0. The van der Waals surface area contributed by atoms with Crippen LogP contribution in [0.1, 0.15) is 34.8 Å². The summed E-state index contributed by atoms with van der Waals surface area (Å²) in [5.74, 6) is 0.704. The first-order chi connectivity index (χ1) is 11.2. The number of thiol groups is 1. The Bertz CT molecular complexity index is 787. The lowest BCUT2D eigenvalue weighted by molar-refractivity contribution is -0.269. The number of nitriles is 2. The molecule has 5 heteroatoms. The van der Waals surface area contributed by atoms with Crippen LogP contribution in [-0.4, -0.2) is 5.75 Å². The summed E-state index contributed by atoms with van der Waals surface area (Å²) in [6.45, 7) is 0. The SMILES string of the molecule is N#Cc1c(N)c(C2CCC[SH+]2)c([O-])c(C#N)c1-c1ccccc1. The molecule has 2 aromatic rings. The standard InChI is InChI=1S/C18H15N3OS/c19-9-12-15(11-5-2-1-3-6-11)13(10-20)18(22)16(17(12)21)14-7-4-8-23-14/h1-3,5-6,14,22H,4,7-8,21H2. The van der Waals surface area contributed by atoms with Gasteiger partial charge in [0.2, 0.25) is 0 Å². The molecule has 0 saturated carbocycles. The minimum Gasteiger partial charge on any atom is -0.871 e. The van der Waals surface area contributed by atoms with Crippen molar-refractivity contribution >= 4 is 17.4 Å². The van der Waals surface area contributed by atoms with Crippen LogP contribution >= 0.6 is 0 Å². The highest BCUT2D eigenvalue weighted by atomic mass is 32.2. The van der Waals surface area contributed by atoms with Gasteiger partial charge in [-0.05, 0) is 23.7 Å². The van der Waals surface area contributed by atoms with Crippen LogP contribution in [-0.2, 0) is 11.8 Å². The summed E-state index contributed by atoms with van der Waals surface area (Å²) in [6.07, 6.45) is 1.91. The van der Waals surface area contributed by atoms with Crippen molar-refractivity contribution in [3.63, 3.8) is 0 Å². The smallest absolute Gasteiger partial charge is 0.142 e. The molecule has 1 unspecified atom stereocenters. The Hall–Kier alpha value is -2.63. The van der Waals surface area contributed by atoms with E-state index in [2.05, 4.69) is 6.07 Å². The molecule has 1 heterocycles. The van der Waals surface area contributed by atoms with Crippen molar-refractivity contribution in [2.75, 3.05) is 11.5 Å². The first kappa shape index (κ1) is 15.3. The molecule has 23 heavy (non-hydrogen) atoms. The Labute approximate surface area is 139 Å². The Balaban J connectivity index is 2.34. The van der Waals surface area contributed by atoms with Crippen LogP contribution < -0.4 is 10.8 Å². The summed E-state index contributed by atoms with van der Waals surface area (Å²) < 4.78 is 0. The molecule has 2 aromatic carbocycles. The van der Waals surface area contributed by atoms with E-state index in [1.54, 1.807) is 12.1 Å². The van der Waals surface area contributed by atoms with Gasteiger partial charge in [0.15, 0.2) is 0 Å². The summed E-state index contributed by atoms with van der Waals surface area (Å²) >= 11 is 1.15. The van der Waals surface area contributed by atoms with Gasteiger partial charge < -0.3 is 10.8 Å². The zero-order chi connectivity index (χ0) is 16.4. The molecular weight excluding hydrogens is 306 g/mol. The molecule has 4 nitrogen and oxygen atoms in total. The number of hydrogen-bond donors (Lipinski definition) is 1. The predicted molar refractivity (Wildman–Crippen MR) is 90.8 cm³/mol. The van der Waals surface area contributed by atoms with Crippen LogP contribution in [0.25, 0.3) is 11.1 Å². The molecule has 0 radical (unpaired) electrons. The second kappa shape index (κ2) is 6.24. The normalized spacial score (nSPS) is 16.7. The van der Waals surface area contributed by atoms with Gasteiger partial charge in [-0.25, -0.2) is 0 Å². The average molecular weight is 321 g/mol. The van der Waals surface area contributed by atoms with E-state index in [9.17, 15) is 15.6 Å². The summed E-state index contributed by atoms with van der Waals surface area (Å²) in [5, 5.41) is 32.0. The Kier molecular flexibility index (Phi) is 4.14. The highest BCUT2D eigenvalue weighted by Gasteiger charge is 2.31. The molecule has 0 aromatic heterocycles. The van der Waals surface area contributed by atoms with Crippen LogP contribution in [0.15, 0.2) is 30.3 Å². The molecule has 0 aliphatic carbocycles. The van der Waals surface area contributed by atoms with Crippen LogP contribution in [0.2, 0.25) is 0 Å². The molecular formula is C18H15N3OS. The third-order valence-corrected chi connectivity index (χ3v) is 5.67. The minimum atomic E-state index is -0.317. The van der Waals surface area contributed by atoms with Crippen molar-refractivity contribution in [3.8, 4) is 29.0 Å². The van der Waals surface area contributed by atoms with E-state index >= 15 is 0 Å². The lowest BCUT2D eigenvalue weighted by Gasteiger charge is -2.23. The second-order valence-electron chi connectivity index (χ2n) is 5.44. The highest BCUT2D eigenvalue weighted by Crippen LogP contribution is 2.45. The van der Waals surface area contributed by atoms with Gasteiger partial charge >= 0.3 is 0 Å². The molecule has 0 spiro atoms. The lowest BCUT2D eigenvalue weighted by Crippen LogP contribution is -2.12. The quantitative estimate of drug-likeness (QED) is 0.522. The number of nitrogens with two attached hydrogens (primary N) is 1. The fraction of sp³-hybridized carbons (Fsp3) is 0.222. The Morgan fingerprint density at radius 1 is 1.13 bits per heavy atom. The van der Waals surface area contributed by atoms with E-state index in [0.717, 1.165) is 30.4 Å². The van der Waals surface area contributed by atoms with Crippen molar-refractivity contribution in [2.24, 2.45) is 0 Å². The molecule has 114 valence electrons. The fourth-order valence-electron chi connectivity index (χ4n) is 3.07. The maximum atomic E-state index is 12.9. The van der Waals surface area contributed by atoms with Crippen molar-refractivity contribution in [3.05, 3.63) is 47.0 Å². The summed E-state index contributed by atoms with van der Waals surface area (Å²) in [6, 6.07) is 13.1. The van der Waals surface area contributed by atoms with Crippen LogP contribution in [0.5, 0.6) is 5.75 Å². The van der Waals surface area contributed by atoms with E-state index in [0.29, 0.717) is 16.7 Å². The fourth-order valence-corrected chi connectivity index (χ4v) is 4.55.